The van der Waals surface area contributed by atoms with E-state index in [1.165, 1.54) is 16.7 Å². The maximum atomic E-state index is 13.6. The average molecular weight is 476 g/mol. The molecule has 0 bridgehead atoms. The number of ether oxygens (including phenoxy) is 1. The number of amides is 3. The molecule has 2 aromatic carbocycles. The molecule has 186 valence electrons. The number of urea groups is 1. The number of carbonyl (C=O) groups is 2. The number of likely N-dealkylation sites (tertiary alicyclic amines) is 1. The van der Waals surface area contributed by atoms with Gasteiger partial charge in [0.25, 0.3) is 0 Å². The molecule has 3 atom stereocenters. The Morgan fingerprint density at radius 3 is 2.77 bits per heavy atom. The van der Waals surface area contributed by atoms with Gasteiger partial charge >= 0.3 is 6.03 Å². The van der Waals surface area contributed by atoms with Crippen LogP contribution < -0.4 is 10.1 Å². The highest BCUT2D eigenvalue weighted by atomic mass is 16.5. The van der Waals surface area contributed by atoms with Gasteiger partial charge < -0.3 is 19.9 Å². The first kappa shape index (κ1) is 23.7. The van der Waals surface area contributed by atoms with Crippen molar-refractivity contribution in [2.45, 2.75) is 58.0 Å². The molecule has 3 amide bonds. The molecule has 2 aromatic rings. The van der Waals surface area contributed by atoms with Gasteiger partial charge in [-0.3, -0.25) is 4.79 Å². The van der Waals surface area contributed by atoms with Gasteiger partial charge in [-0.05, 0) is 66.8 Å². The first-order valence-electron chi connectivity index (χ1n) is 13.2. The third-order valence-corrected chi connectivity index (χ3v) is 7.69. The second-order valence-corrected chi connectivity index (χ2v) is 10.6. The molecule has 0 saturated carbocycles. The number of hydrogen-bond donors (Lipinski definition) is 1. The van der Waals surface area contributed by atoms with Gasteiger partial charge in [0.15, 0.2) is 0 Å². The fourth-order valence-corrected chi connectivity index (χ4v) is 5.95. The van der Waals surface area contributed by atoms with E-state index < -0.39 is 0 Å². The minimum atomic E-state index is -0.0879. The molecule has 0 spiro atoms. The van der Waals surface area contributed by atoms with Gasteiger partial charge in [-0.2, -0.15) is 0 Å². The zero-order chi connectivity index (χ0) is 24.4. The maximum Gasteiger partial charge on any atom is 0.317 e. The molecule has 6 nitrogen and oxygen atoms in total. The Labute approximate surface area is 208 Å². The molecule has 0 unspecified atom stereocenters. The Morgan fingerprint density at radius 2 is 1.97 bits per heavy atom. The zero-order valence-electron chi connectivity index (χ0n) is 20.9. The van der Waals surface area contributed by atoms with Crippen LogP contribution in [0.5, 0.6) is 5.75 Å². The summed E-state index contributed by atoms with van der Waals surface area (Å²) in [4.78, 5) is 30.8. The van der Waals surface area contributed by atoms with Crippen LogP contribution in [0, 0.1) is 11.8 Å². The van der Waals surface area contributed by atoms with Gasteiger partial charge in [0, 0.05) is 25.7 Å². The summed E-state index contributed by atoms with van der Waals surface area (Å²) in [5.41, 5.74) is 3.70. The Hall–Kier alpha value is -3.02. The quantitative estimate of drug-likeness (QED) is 0.665. The van der Waals surface area contributed by atoms with Crippen LogP contribution in [0.1, 0.15) is 55.8 Å². The van der Waals surface area contributed by atoms with Crippen LogP contribution in [-0.2, 0) is 17.6 Å². The summed E-state index contributed by atoms with van der Waals surface area (Å²) in [7, 11) is 0. The van der Waals surface area contributed by atoms with Crippen LogP contribution in [0.25, 0.3) is 0 Å². The van der Waals surface area contributed by atoms with E-state index >= 15 is 0 Å². The molecule has 35 heavy (non-hydrogen) atoms. The first-order valence-corrected chi connectivity index (χ1v) is 13.2. The lowest BCUT2D eigenvalue weighted by Crippen LogP contribution is -2.61. The molecule has 0 aliphatic carbocycles. The van der Waals surface area contributed by atoms with E-state index in [0.29, 0.717) is 25.6 Å². The highest BCUT2D eigenvalue weighted by molar-refractivity contribution is 5.83. The minimum absolute atomic E-state index is 0.0318. The van der Waals surface area contributed by atoms with Gasteiger partial charge in [0.1, 0.15) is 5.75 Å². The van der Waals surface area contributed by atoms with Crippen molar-refractivity contribution in [3.05, 3.63) is 65.2 Å². The lowest BCUT2D eigenvalue weighted by molar-refractivity contribution is -0.148. The molecule has 5 rings (SSSR count). The van der Waals surface area contributed by atoms with E-state index in [1.807, 2.05) is 29.2 Å². The summed E-state index contributed by atoms with van der Waals surface area (Å²) in [5, 5.41) is 3.12. The van der Waals surface area contributed by atoms with Crippen LogP contribution in [-0.4, -0.2) is 54.0 Å². The normalized spacial score (nSPS) is 23.4. The number of hydrogen-bond acceptors (Lipinski definition) is 3. The van der Waals surface area contributed by atoms with Crippen molar-refractivity contribution in [2.75, 3.05) is 26.2 Å². The largest absolute Gasteiger partial charge is 0.493 e. The fourth-order valence-electron chi connectivity index (χ4n) is 5.95. The van der Waals surface area contributed by atoms with Crippen molar-refractivity contribution < 1.29 is 14.3 Å². The summed E-state index contributed by atoms with van der Waals surface area (Å²) in [6.45, 7) is 7.05. The molecule has 3 aliphatic heterocycles. The minimum Gasteiger partial charge on any atom is -0.493 e. The Morgan fingerprint density at radius 1 is 1.14 bits per heavy atom. The second-order valence-electron chi connectivity index (χ2n) is 10.6. The third kappa shape index (κ3) is 5.02. The topological polar surface area (TPSA) is 61.9 Å². The average Bonchev–Trinajstić information content (AvgIpc) is 2.87. The lowest BCUT2D eigenvalue weighted by atomic mass is 9.76. The van der Waals surface area contributed by atoms with E-state index in [4.69, 9.17) is 4.74 Å². The first-order chi connectivity index (χ1) is 17.0. The van der Waals surface area contributed by atoms with Gasteiger partial charge in [0.2, 0.25) is 5.91 Å². The van der Waals surface area contributed by atoms with Crippen molar-refractivity contribution in [3.63, 3.8) is 0 Å². The SMILES string of the molecule is CC(C)COc1ccc2c(c1)CCN1C(=O)[C@@H]3CCCN(C(=O)NCCc4ccccc4)[C@@H]3C[C@@H]21. The smallest absolute Gasteiger partial charge is 0.317 e. The molecule has 2 fully saturated rings. The fraction of sp³-hybridized carbons (Fsp3) is 0.517. The van der Waals surface area contributed by atoms with Gasteiger partial charge in [-0.15, -0.1) is 0 Å². The van der Waals surface area contributed by atoms with Crippen molar-refractivity contribution in [1.29, 1.82) is 0 Å². The Bertz CT molecular complexity index is 1050. The van der Waals surface area contributed by atoms with Gasteiger partial charge in [-0.1, -0.05) is 50.2 Å². The molecule has 0 aromatic heterocycles. The highest BCUT2D eigenvalue weighted by Crippen LogP contribution is 2.44. The highest BCUT2D eigenvalue weighted by Gasteiger charge is 2.48. The van der Waals surface area contributed by atoms with Crippen molar-refractivity contribution in [2.24, 2.45) is 11.8 Å². The number of nitrogens with one attached hydrogen (secondary N) is 1. The molecule has 2 saturated heterocycles. The molecule has 1 N–H and O–H groups in total. The van der Waals surface area contributed by atoms with Crippen LogP contribution in [0.3, 0.4) is 0 Å². The van der Waals surface area contributed by atoms with Crippen LogP contribution in [0.4, 0.5) is 4.79 Å². The lowest BCUT2D eigenvalue weighted by Gasteiger charge is -2.51. The van der Waals surface area contributed by atoms with E-state index in [0.717, 1.165) is 44.4 Å². The zero-order valence-corrected chi connectivity index (χ0v) is 20.9. The summed E-state index contributed by atoms with van der Waals surface area (Å²) in [6, 6.07) is 16.5. The Balaban J connectivity index is 1.29. The number of carbonyl (C=O) groups excluding carboxylic acids is 2. The predicted molar refractivity (Wildman–Crippen MR) is 136 cm³/mol. The maximum absolute atomic E-state index is 13.6. The molecule has 3 aliphatic rings. The van der Waals surface area contributed by atoms with Gasteiger partial charge in [0.05, 0.1) is 18.6 Å². The van der Waals surface area contributed by atoms with E-state index in [9.17, 15) is 9.59 Å². The van der Waals surface area contributed by atoms with E-state index in [2.05, 4.69) is 48.3 Å². The molecule has 6 heteroatoms. The molecule has 3 heterocycles. The van der Waals surface area contributed by atoms with E-state index in [1.54, 1.807) is 0 Å². The van der Waals surface area contributed by atoms with Crippen molar-refractivity contribution in [3.8, 4) is 5.75 Å². The predicted octanol–water partition coefficient (Wildman–Crippen LogP) is 4.58. The molecular formula is C29H37N3O3. The number of fused-ring (bicyclic) bond motifs is 4. The summed E-state index contributed by atoms with van der Waals surface area (Å²) in [6.07, 6.45) is 4.22. The summed E-state index contributed by atoms with van der Waals surface area (Å²) in [5.74, 6) is 1.52. The number of benzene rings is 2. The van der Waals surface area contributed by atoms with Crippen LogP contribution >= 0.6 is 0 Å². The standard InChI is InChI=1S/C29H37N3O3/c1-20(2)19-35-23-10-11-24-22(17-23)13-16-31-26(24)18-27-25(28(31)33)9-6-15-32(27)29(34)30-14-12-21-7-4-3-5-8-21/h3-5,7-8,10-11,17,20,25-27H,6,9,12-16,18-19H2,1-2H3,(H,30,34)/t25-,26+,27-/m1/s1. The van der Waals surface area contributed by atoms with E-state index in [-0.39, 0.29) is 29.9 Å². The van der Waals surface area contributed by atoms with Crippen molar-refractivity contribution >= 4 is 11.9 Å². The number of rotatable bonds is 6. The van der Waals surface area contributed by atoms with Gasteiger partial charge in [-0.25, -0.2) is 4.79 Å². The molecular weight excluding hydrogens is 438 g/mol. The third-order valence-electron chi connectivity index (χ3n) is 7.69. The van der Waals surface area contributed by atoms with Crippen LogP contribution in [0.15, 0.2) is 48.5 Å². The monoisotopic (exact) mass is 475 g/mol. The summed E-state index contributed by atoms with van der Waals surface area (Å²) < 4.78 is 5.95. The number of piperidine rings is 2. The molecule has 0 radical (unpaired) electrons. The van der Waals surface area contributed by atoms with Crippen molar-refractivity contribution in [1.82, 2.24) is 15.1 Å². The van der Waals surface area contributed by atoms with Crippen LogP contribution in [0.2, 0.25) is 0 Å². The Kier molecular flexibility index (Phi) is 6.98. The summed E-state index contributed by atoms with van der Waals surface area (Å²) >= 11 is 0. The second kappa shape index (κ2) is 10.3. The number of nitrogens with zero attached hydrogens (tertiary/aromatic N) is 2.